The third-order valence-electron chi connectivity index (χ3n) is 5.53. The highest BCUT2D eigenvalue weighted by atomic mass is 15.2. The first-order valence-corrected chi connectivity index (χ1v) is 10.8. The number of hydrogen-bond donors (Lipinski definition) is 0. The van der Waals surface area contributed by atoms with E-state index in [0.717, 1.165) is 54.6 Å². The maximum Gasteiger partial charge on any atom is 0.210 e. The monoisotopic (exact) mass is 372 g/mol. The van der Waals surface area contributed by atoms with E-state index in [4.69, 9.17) is 0 Å². The van der Waals surface area contributed by atoms with Crippen LogP contribution in [0.1, 0.15) is 75.1 Å². The zero-order chi connectivity index (χ0) is 19.9. The lowest BCUT2D eigenvalue weighted by Crippen LogP contribution is -2.03. The molecule has 0 saturated carbocycles. The summed E-state index contributed by atoms with van der Waals surface area (Å²) in [6.45, 7) is 6.60. The minimum Gasteiger partial charge on any atom is -0.493 e. The molecule has 1 heterocycles. The van der Waals surface area contributed by atoms with Gasteiger partial charge in [-0.15, -0.1) is 0 Å². The number of aryl methyl sites for hydroxylation is 2. The van der Waals surface area contributed by atoms with Gasteiger partial charge >= 0.3 is 0 Å². The van der Waals surface area contributed by atoms with Crippen molar-refractivity contribution in [3.63, 3.8) is 0 Å². The highest BCUT2D eigenvalue weighted by Gasteiger charge is 2.28. The number of allylic oxidation sites excluding steroid dienone is 2. The largest absolute Gasteiger partial charge is 0.493 e. The Morgan fingerprint density at radius 1 is 0.786 bits per heavy atom. The summed E-state index contributed by atoms with van der Waals surface area (Å²) in [6, 6.07) is 17.2. The summed E-state index contributed by atoms with van der Waals surface area (Å²) in [5, 5.41) is 0. The fourth-order valence-corrected chi connectivity index (χ4v) is 3.78. The fourth-order valence-electron chi connectivity index (χ4n) is 3.78. The normalized spacial score (nSPS) is 14.0. The lowest BCUT2D eigenvalue weighted by atomic mass is 10.0. The standard InChI is InChI=1S/C26H32N2/c1-4-7-10-21-14-16-22(17-15-21)25-19-24(12-8-5-2)26(28(25)27)23-13-9-11-20(6-3)18-23/h9,11,13-19H,4-8,10,12H2,1-3H3. The van der Waals surface area contributed by atoms with Crippen molar-refractivity contribution in [2.45, 2.75) is 65.7 Å². The molecule has 2 heteroatoms. The number of benzene rings is 2. The molecule has 0 aliphatic carbocycles. The van der Waals surface area contributed by atoms with Crippen LogP contribution in [-0.2, 0) is 12.8 Å². The maximum atomic E-state index is 11.1. The van der Waals surface area contributed by atoms with Gasteiger partial charge in [-0.3, -0.25) is 0 Å². The predicted molar refractivity (Wildman–Crippen MR) is 119 cm³/mol. The lowest BCUT2D eigenvalue weighted by molar-refractivity contribution is -0.344. The molecule has 2 nitrogen and oxygen atoms in total. The van der Waals surface area contributed by atoms with Gasteiger partial charge < -0.3 is 5.53 Å². The van der Waals surface area contributed by atoms with E-state index in [-0.39, 0.29) is 0 Å². The van der Waals surface area contributed by atoms with Crippen molar-refractivity contribution in [3.05, 3.63) is 88.0 Å². The summed E-state index contributed by atoms with van der Waals surface area (Å²) < 4.78 is 1.40. The summed E-state index contributed by atoms with van der Waals surface area (Å²) in [5.41, 5.74) is 19.0. The van der Waals surface area contributed by atoms with Crippen molar-refractivity contribution in [2.24, 2.45) is 0 Å². The highest BCUT2D eigenvalue weighted by molar-refractivity contribution is 5.78. The van der Waals surface area contributed by atoms with Crippen LogP contribution < -0.4 is 0 Å². The third-order valence-corrected chi connectivity index (χ3v) is 5.53. The Hall–Kier alpha value is -2.48. The van der Waals surface area contributed by atoms with Gasteiger partial charge in [0.15, 0.2) is 0 Å². The van der Waals surface area contributed by atoms with Crippen LogP contribution in [0.5, 0.6) is 0 Å². The molecule has 0 N–H and O–H groups in total. The van der Waals surface area contributed by atoms with E-state index in [1.807, 2.05) is 0 Å². The minimum atomic E-state index is 0.880. The second-order valence-electron chi connectivity index (χ2n) is 7.67. The maximum absolute atomic E-state index is 11.1. The summed E-state index contributed by atoms with van der Waals surface area (Å²) in [6.07, 6.45) is 9.97. The molecule has 0 fully saturated rings. The van der Waals surface area contributed by atoms with E-state index in [9.17, 15) is 5.53 Å². The first-order valence-electron chi connectivity index (χ1n) is 10.8. The van der Waals surface area contributed by atoms with E-state index >= 15 is 0 Å². The first kappa shape index (κ1) is 20.3. The number of unbranched alkanes of at least 4 members (excludes halogenated alkanes) is 2. The van der Waals surface area contributed by atoms with Gasteiger partial charge in [0.1, 0.15) is 0 Å². The zero-order valence-corrected chi connectivity index (χ0v) is 17.5. The molecule has 0 aromatic heterocycles. The van der Waals surface area contributed by atoms with Crippen molar-refractivity contribution >= 4 is 11.4 Å². The molecule has 0 unspecified atom stereocenters. The van der Waals surface area contributed by atoms with Crippen LogP contribution in [-0.4, -0.2) is 4.70 Å². The molecule has 1 aliphatic heterocycles. The second kappa shape index (κ2) is 9.64. The Balaban J connectivity index is 1.92. The number of rotatable bonds is 9. The molecular weight excluding hydrogens is 340 g/mol. The number of hydrogen-bond acceptors (Lipinski definition) is 0. The van der Waals surface area contributed by atoms with E-state index in [1.165, 1.54) is 34.2 Å². The molecule has 0 amide bonds. The SMILES string of the molecule is CCCCC1=C(c2cccc(CC)c2)[N+](=[N-])C(c2ccc(CCCC)cc2)=C1. The molecule has 0 saturated heterocycles. The molecule has 3 rings (SSSR count). The summed E-state index contributed by atoms with van der Waals surface area (Å²) in [5.74, 6) is 0. The molecule has 2 aromatic carbocycles. The van der Waals surface area contributed by atoms with Gasteiger partial charge in [-0.25, -0.2) is 4.70 Å². The molecule has 0 atom stereocenters. The van der Waals surface area contributed by atoms with Crippen LogP contribution in [0.3, 0.4) is 0 Å². The van der Waals surface area contributed by atoms with Gasteiger partial charge in [0.25, 0.3) is 0 Å². The highest BCUT2D eigenvalue weighted by Crippen LogP contribution is 2.37. The molecule has 0 spiro atoms. The molecule has 2 aromatic rings. The van der Waals surface area contributed by atoms with E-state index in [0.29, 0.717) is 0 Å². The average Bonchev–Trinajstić information content (AvgIpc) is 3.07. The van der Waals surface area contributed by atoms with Crippen molar-refractivity contribution in [1.29, 1.82) is 0 Å². The van der Waals surface area contributed by atoms with Crippen LogP contribution in [0.2, 0.25) is 0 Å². The van der Waals surface area contributed by atoms with E-state index < -0.39 is 0 Å². The van der Waals surface area contributed by atoms with Crippen LogP contribution in [0.25, 0.3) is 16.9 Å². The molecule has 28 heavy (non-hydrogen) atoms. The quantitative estimate of drug-likeness (QED) is 0.405. The summed E-state index contributed by atoms with van der Waals surface area (Å²) in [7, 11) is 0. The van der Waals surface area contributed by atoms with Gasteiger partial charge in [0, 0.05) is 22.8 Å². The Kier molecular flexibility index (Phi) is 6.97. The predicted octanol–water partition coefficient (Wildman–Crippen LogP) is 7.58. The molecule has 0 bridgehead atoms. The van der Waals surface area contributed by atoms with Crippen molar-refractivity contribution < 1.29 is 4.70 Å². The van der Waals surface area contributed by atoms with Gasteiger partial charge in [-0.05, 0) is 67.5 Å². The van der Waals surface area contributed by atoms with Gasteiger partial charge in [0.2, 0.25) is 11.4 Å². The van der Waals surface area contributed by atoms with Gasteiger partial charge in [-0.1, -0.05) is 57.9 Å². The fraction of sp³-hybridized carbons (Fsp3) is 0.385. The molecule has 0 radical (unpaired) electrons. The Labute approximate surface area is 170 Å². The second-order valence-corrected chi connectivity index (χ2v) is 7.67. The van der Waals surface area contributed by atoms with Crippen LogP contribution in [0.4, 0.5) is 0 Å². The topological polar surface area (TPSA) is 25.3 Å². The Morgan fingerprint density at radius 2 is 1.50 bits per heavy atom. The molecule has 1 aliphatic rings. The van der Waals surface area contributed by atoms with Crippen LogP contribution in [0.15, 0.2) is 60.2 Å². The Morgan fingerprint density at radius 3 is 2.18 bits per heavy atom. The first-order chi connectivity index (χ1) is 13.7. The van der Waals surface area contributed by atoms with Crippen LogP contribution >= 0.6 is 0 Å². The third kappa shape index (κ3) is 4.49. The number of nitrogens with zero attached hydrogens (tertiary/aromatic N) is 2. The van der Waals surface area contributed by atoms with Crippen LogP contribution in [0, 0.1) is 0 Å². The van der Waals surface area contributed by atoms with Crippen molar-refractivity contribution in [3.8, 4) is 0 Å². The summed E-state index contributed by atoms with van der Waals surface area (Å²) in [4.78, 5) is 0. The summed E-state index contributed by atoms with van der Waals surface area (Å²) >= 11 is 0. The van der Waals surface area contributed by atoms with Crippen molar-refractivity contribution in [1.82, 2.24) is 0 Å². The van der Waals surface area contributed by atoms with E-state index in [1.54, 1.807) is 0 Å². The lowest BCUT2D eigenvalue weighted by Gasteiger charge is -2.11. The smallest absolute Gasteiger partial charge is 0.210 e. The molecule has 146 valence electrons. The van der Waals surface area contributed by atoms with Gasteiger partial charge in [0.05, 0.1) is 0 Å². The van der Waals surface area contributed by atoms with Crippen molar-refractivity contribution in [2.75, 3.05) is 0 Å². The van der Waals surface area contributed by atoms with Gasteiger partial charge in [-0.2, -0.15) is 0 Å². The zero-order valence-electron chi connectivity index (χ0n) is 17.5. The molecular formula is C26H32N2. The minimum absolute atomic E-state index is 0.880. The average molecular weight is 373 g/mol. The Bertz CT molecular complexity index is 885. The van der Waals surface area contributed by atoms with E-state index in [2.05, 4.69) is 75.4 Å².